The fourth-order valence-electron chi connectivity index (χ4n) is 4.23. The second-order valence-electron chi connectivity index (χ2n) is 6.60. The normalized spacial score (nSPS) is 26.2. The Morgan fingerprint density at radius 3 is 1.86 bits per heavy atom. The van der Waals surface area contributed by atoms with Gasteiger partial charge in [0.25, 0.3) is 0 Å². The lowest BCUT2D eigenvalue weighted by molar-refractivity contribution is 0.476. The Hall–Kier alpha value is -2.11. The van der Waals surface area contributed by atoms with Crippen molar-refractivity contribution in [2.24, 2.45) is 17.8 Å². The molecule has 0 radical (unpaired) electrons. The van der Waals surface area contributed by atoms with Crippen LogP contribution in [0.2, 0.25) is 0 Å². The third-order valence-electron chi connectivity index (χ3n) is 5.53. The Labute approximate surface area is 131 Å². The first-order chi connectivity index (χ1) is 10.8. The van der Waals surface area contributed by atoms with Crippen LogP contribution in [0.3, 0.4) is 0 Å². The second-order valence-corrected chi connectivity index (χ2v) is 6.60. The van der Waals surface area contributed by atoms with E-state index in [0.717, 1.165) is 42.5 Å². The number of hydrogen-bond donors (Lipinski definition) is 1. The molecule has 2 atom stereocenters. The van der Waals surface area contributed by atoms with Gasteiger partial charge in [0.15, 0.2) is 0 Å². The van der Waals surface area contributed by atoms with Gasteiger partial charge >= 0.3 is 0 Å². The van der Waals surface area contributed by atoms with Crippen LogP contribution in [0.1, 0.15) is 17.5 Å². The molecule has 22 heavy (non-hydrogen) atoms. The van der Waals surface area contributed by atoms with Gasteiger partial charge in [-0.25, -0.2) is 0 Å². The summed E-state index contributed by atoms with van der Waals surface area (Å²) in [6, 6.07) is 23.3. The summed E-state index contributed by atoms with van der Waals surface area (Å²) >= 11 is 0. The molecule has 110 valence electrons. The van der Waals surface area contributed by atoms with E-state index in [9.17, 15) is 5.26 Å². The number of fused-ring (bicyclic) bond motifs is 1. The van der Waals surface area contributed by atoms with E-state index in [2.05, 4.69) is 35.7 Å². The monoisotopic (exact) mass is 288 g/mol. The smallest absolute Gasteiger partial charge is 0.107 e. The molecular formula is C20H20N2. The van der Waals surface area contributed by atoms with Crippen molar-refractivity contribution in [2.45, 2.75) is 11.8 Å². The molecule has 2 nitrogen and oxygen atoms in total. The highest BCUT2D eigenvalue weighted by Crippen LogP contribution is 2.55. The minimum Gasteiger partial charge on any atom is -0.316 e. The molecule has 0 aromatic heterocycles. The Morgan fingerprint density at radius 1 is 0.909 bits per heavy atom. The summed E-state index contributed by atoms with van der Waals surface area (Å²) in [7, 11) is 0. The van der Waals surface area contributed by atoms with Gasteiger partial charge in [-0.05, 0) is 48.4 Å². The molecule has 4 rings (SSSR count). The summed E-state index contributed by atoms with van der Waals surface area (Å²) in [5.74, 6) is 2.24. The Morgan fingerprint density at radius 2 is 1.41 bits per heavy atom. The molecule has 1 heterocycles. The topological polar surface area (TPSA) is 35.8 Å². The zero-order valence-electron chi connectivity index (χ0n) is 12.6. The van der Waals surface area contributed by atoms with E-state index < -0.39 is 5.41 Å². The SMILES string of the molecule is N#CC(CC1C2CNCC21)(c1ccccc1)c1ccccc1. The Balaban J connectivity index is 1.75. The molecule has 2 heteroatoms. The molecule has 2 fully saturated rings. The number of nitrogens with one attached hydrogen (secondary N) is 1. The van der Waals surface area contributed by atoms with E-state index in [1.54, 1.807) is 0 Å². The van der Waals surface area contributed by atoms with Crippen molar-refractivity contribution in [3.05, 3.63) is 71.8 Å². The molecule has 1 aliphatic carbocycles. The van der Waals surface area contributed by atoms with Gasteiger partial charge in [-0.15, -0.1) is 0 Å². The lowest BCUT2D eigenvalue weighted by Crippen LogP contribution is -2.28. The number of nitriles is 1. The molecule has 1 saturated heterocycles. The van der Waals surface area contributed by atoms with Crippen molar-refractivity contribution >= 4 is 0 Å². The van der Waals surface area contributed by atoms with E-state index >= 15 is 0 Å². The first kappa shape index (κ1) is 13.5. The van der Waals surface area contributed by atoms with E-state index in [1.807, 2.05) is 36.4 Å². The highest BCUT2D eigenvalue weighted by atomic mass is 15.0. The lowest BCUT2D eigenvalue weighted by Gasteiger charge is -2.29. The quantitative estimate of drug-likeness (QED) is 0.936. The molecule has 2 unspecified atom stereocenters. The molecule has 1 saturated carbocycles. The van der Waals surface area contributed by atoms with Crippen LogP contribution in [0.15, 0.2) is 60.7 Å². The van der Waals surface area contributed by atoms with Gasteiger partial charge in [0, 0.05) is 0 Å². The summed E-state index contributed by atoms with van der Waals surface area (Å²) in [5.41, 5.74) is 1.74. The van der Waals surface area contributed by atoms with Gasteiger partial charge in [-0.2, -0.15) is 5.26 Å². The molecule has 0 bridgehead atoms. The maximum absolute atomic E-state index is 10.2. The lowest BCUT2D eigenvalue weighted by atomic mass is 9.71. The summed E-state index contributed by atoms with van der Waals surface area (Å²) in [6.45, 7) is 2.25. The number of nitrogens with zero attached hydrogens (tertiary/aromatic N) is 1. The van der Waals surface area contributed by atoms with Crippen LogP contribution < -0.4 is 5.32 Å². The van der Waals surface area contributed by atoms with Crippen LogP contribution in [0.25, 0.3) is 0 Å². The summed E-state index contributed by atoms with van der Waals surface area (Å²) in [5, 5.41) is 13.6. The van der Waals surface area contributed by atoms with Crippen molar-refractivity contribution in [2.75, 3.05) is 13.1 Å². The van der Waals surface area contributed by atoms with E-state index in [4.69, 9.17) is 0 Å². The van der Waals surface area contributed by atoms with Crippen LogP contribution in [0, 0.1) is 29.1 Å². The fraction of sp³-hybridized carbons (Fsp3) is 0.350. The van der Waals surface area contributed by atoms with E-state index in [1.165, 1.54) is 0 Å². The van der Waals surface area contributed by atoms with Crippen molar-refractivity contribution in [1.82, 2.24) is 5.32 Å². The van der Waals surface area contributed by atoms with Gasteiger partial charge in [-0.1, -0.05) is 60.7 Å². The van der Waals surface area contributed by atoms with Crippen LogP contribution in [-0.2, 0) is 5.41 Å². The number of piperidine rings is 1. The highest BCUT2D eigenvalue weighted by molar-refractivity contribution is 5.46. The van der Waals surface area contributed by atoms with E-state index in [0.29, 0.717) is 5.92 Å². The third-order valence-corrected chi connectivity index (χ3v) is 5.53. The minimum absolute atomic E-state index is 0.516. The summed E-state index contributed by atoms with van der Waals surface area (Å²) in [6.07, 6.45) is 0.939. The molecule has 2 aromatic rings. The molecule has 1 N–H and O–H groups in total. The molecule has 2 aromatic carbocycles. The van der Waals surface area contributed by atoms with E-state index in [-0.39, 0.29) is 0 Å². The maximum Gasteiger partial charge on any atom is 0.107 e. The first-order valence-corrected chi connectivity index (χ1v) is 8.08. The van der Waals surface area contributed by atoms with Crippen molar-refractivity contribution in [1.29, 1.82) is 5.26 Å². The zero-order chi connectivity index (χ0) is 15.0. The average molecular weight is 288 g/mol. The van der Waals surface area contributed by atoms with Crippen molar-refractivity contribution in [3.8, 4) is 6.07 Å². The summed E-state index contributed by atoms with van der Waals surface area (Å²) in [4.78, 5) is 0. The second kappa shape index (κ2) is 5.26. The largest absolute Gasteiger partial charge is 0.316 e. The van der Waals surface area contributed by atoms with Gasteiger partial charge in [0.1, 0.15) is 5.41 Å². The van der Waals surface area contributed by atoms with Gasteiger partial charge in [0.2, 0.25) is 0 Å². The predicted molar refractivity (Wildman–Crippen MR) is 87.2 cm³/mol. The van der Waals surface area contributed by atoms with Crippen LogP contribution in [-0.4, -0.2) is 13.1 Å². The highest BCUT2D eigenvalue weighted by Gasteiger charge is 2.56. The number of benzene rings is 2. The predicted octanol–water partition coefficient (Wildman–Crippen LogP) is 3.35. The molecule has 0 amide bonds. The first-order valence-electron chi connectivity index (χ1n) is 8.08. The average Bonchev–Trinajstić information content (AvgIpc) is 3.01. The zero-order valence-corrected chi connectivity index (χ0v) is 12.6. The minimum atomic E-state index is -0.516. The van der Waals surface area contributed by atoms with Gasteiger partial charge in [-0.3, -0.25) is 0 Å². The third kappa shape index (κ3) is 2.05. The van der Waals surface area contributed by atoms with Crippen molar-refractivity contribution in [3.63, 3.8) is 0 Å². The summed E-state index contributed by atoms with van der Waals surface area (Å²) < 4.78 is 0. The standard InChI is InChI=1S/C20H20N2/c21-14-20(15-7-3-1-4-8-15,16-9-5-2-6-10-16)11-17-18-12-22-13-19(17)18/h1-10,17-19,22H,11-13H2. The fourth-order valence-corrected chi connectivity index (χ4v) is 4.23. The van der Waals surface area contributed by atoms with Crippen molar-refractivity contribution < 1.29 is 0 Å². The number of hydrogen-bond acceptors (Lipinski definition) is 2. The molecule has 0 spiro atoms. The van der Waals surface area contributed by atoms with Gasteiger partial charge in [0.05, 0.1) is 6.07 Å². The Bertz CT molecular complexity index is 637. The van der Waals surface area contributed by atoms with Crippen LogP contribution in [0.5, 0.6) is 0 Å². The van der Waals surface area contributed by atoms with Gasteiger partial charge < -0.3 is 5.32 Å². The molecular weight excluding hydrogens is 268 g/mol. The number of rotatable bonds is 4. The molecule has 2 aliphatic rings. The maximum atomic E-state index is 10.2. The molecule has 1 aliphatic heterocycles. The van der Waals surface area contributed by atoms with Crippen LogP contribution in [0.4, 0.5) is 0 Å². The van der Waals surface area contributed by atoms with Crippen LogP contribution >= 0.6 is 0 Å². The Kier molecular flexibility index (Phi) is 3.24.